The minimum Gasteiger partial charge on any atom is -0.324 e. The van der Waals surface area contributed by atoms with E-state index in [0.717, 1.165) is 0 Å². The molecule has 2 N–H and O–H groups in total. The largest absolute Gasteiger partial charge is 0.324 e. The van der Waals surface area contributed by atoms with Crippen molar-refractivity contribution in [2.45, 2.75) is 31.2 Å². The summed E-state index contributed by atoms with van der Waals surface area (Å²) in [5, 5.41) is 0. The Morgan fingerprint density at radius 1 is 1.46 bits per heavy atom. The third-order valence-corrected chi connectivity index (χ3v) is 4.12. The Bertz CT molecular complexity index is 278. The first-order valence-electron chi connectivity index (χ1n) is 4.10. The van der Waals surface area contributed by atoms with E-state index < -0.39 is 28.2 Å². The van der Waals surface area contributed by atoms with Crippen LogP contribution in [0.2, 0.25) is 0 Å². The van der Waals surface area contributed by atoms with Crippen molar-refractivity contribution >= 4 is 9.84 Å². The lowest BCUT2D eigenvalue weighted by Crippen LogP contribution is -2.51. The zero-order chi connectivity index (χ0) is 10.1. The van der Waals surface area contributed by atoms with Gasteiger partial charge in [-0.2, -0.15) is 0 Å². The van der Waals surface area contributed by atoms with E-state index in [0.29, 0.717) is 12.8 Å². The van der Waals surface area contributed by atoms with E-state index in [4.69, 9.17) is 5.73 Å². The van der Waals surface area contributed by atoms with Gasteiger partial charge in [0.15, 0.2) is 9.84 Å². The molecular weight excluding hydrogens is 200 g/mol. The zero-order valence-corrected chi connectivity index (χ0v) is 7.99. The number of hydrogen-bond acceptors (Lipinski definition) is 3. The molecule has 1 heterocycles. The van der Waals surface area contributed by atoms with E-state index in [-0.39, 0.29) is 11.5 Å². The Kier molecular flexibility index (Phi) is 2.91. The second-order valence-electron chi connectivity index (χ2n) is 3.65. The van der Waals surface area contributed by atoms with Gasteiger partial charge in [0, 0.05) is 12.0 Å². The number of nitrogens with two attached hydrogens (primary N) is 1. The molecule has 0 spiro atoms. The van der Waals surface area contributed by atoms with Gasteiger partial charge in [-0.05, 0) is 12.8 Å². The lowest BCUT2D eigenvalue weighted by molar-refractivity contribution is 0.106. The molecule has 0 aromatic rings. The molecule has 0 amide bonds. The van der Waals surface area contributed by atoms with Crippen molar-refractivity contribution < 1.29 is 17.2 Å². The van der Waals surface area contributed by atoms with Gasteiger partial charge in [0.05, 0.1) is 11.5 Å². The van der Waals surface area contributed by atoms with Crippen LogP contribution in [0.25, 0.3) is 0 Å². The second-order valence-corrected chi connectivity index (χ2v) is 5.84. The quantitative estimate of drug-likeness (QED) is 0.728. The van der Waals surface area contributed by atoms with Crippen LogP contribution in [0, 0.1) is 0 Å². The van der Waals surface area contributed by atoms with Crippen molar-refractivity contribution in [3.05, 3.63) is 0 Å². The highest BCUT2D eigenvalue weighted by atomic mass is 32.2. The monoisotopic (exact) mass is 213 g/mol. The van der Waals surface area contributed by atoms with E-state index in [2.05, 4.69) is 0 Å². The molecule has 1 aliphatic heterocycles. The first-order chi connectivity index (χ1) is 5.83. The molecule has 0 radical (unpaired) electrons. The topological polar surface area (TPSA) is 60.2 Å². The Balaban J connectivity index is 2.69. The number of sulfone groups is 1. The molecule has 1 fully saturated rings. The highest BCUT2D eigenvalue weighted by Gasteiger charge is 2.37. The van der Waals surface area contributed by atoms with Crippen LogP contribution >= 0.6 is 0 Å². The van der Waals surface area contributed by atoms with Crippen molar-refractivity contribution in [2.75, 3.05) is 11.5 Å². The lowest BCUT2D eigenvalue weighted by Gasteiger charge is -2.32. The van der Waals surface area contributed by atoms with Crippen LogP contribution in [0.4, 0.5) is 8.78 Å². The molecular formula is C7H13F2NO2S. The molecule has 78 valence electrons. The molecule has 1 unspecified atom stereocenters. The summed E-state index contributed by atoms with van der Waals surface area (Å²) >= 11 is 0. The Hall–Kier alpha value is -0.230. The van der Waals surface area contributed by atoms with Gasteiger partial charge in [-0.1, -0.05) is 0 Å². The Labute approximate surface area is 76.2 Å². The smallest absolute Gasteiger partial charge is 0.240 e. The summed E-state index contributed by atoms with van der Waals surface area (Å²) in [5.74, 6) is -0.223. The predicted octanol–water partition coefficient (Wildman–Crippen LogP) is 0.548. The summed E-state index contributed by atoms with van der Waals surface area (Å²) < 4.78 is 46.3. The molecule has 0 aliphatic carbocycles. The van der Waals surface area contributed by atoms with Crippen molar-refractivity contribution in [1.29, 1.82) is 0 Å². The van der Waals surface area contributed by atoms with Crippen LogP contribution in [-0.4, -0.2) is 31.9 Å². The van der Waals surface area contributed by atoms with Crippen LogP contribution < -0.4 is 5.73 Å². The maximum absolute atomic E-state index is 12.0. The van der Waals surface area contributed by atoms with Crippen molar-refractivity contribution in [3.8, 4) is 0 Å². The average molecular weight is 213 g/mol. The Morgan fingerprint density at radius 2 is 2.08 bits per heavy atom. The highest BCUT2D eigenvalue weighted by Crippen LogP contribution is 2.26. The van der Waals surface area contributed by atoms with Gasteiger partial charge in [0.1, 0.15) is 0 Å². The van der Waals surface area contributed by atoms with Gasteiger partial charge in [0.2, 0.25) is 6.43 Å². The van der Waals surface area contributed by atoms with E-state index in [1.54, 1.807) is 0 Å². The zero-order valence-electron chi connectivity index (χ0n) is 7.17. The minimum absolute atomic E-state index is 0.0786. The SMILES string of the molecule is NC1(CC(F)F)CCCS(=O)(=O)C1. The van der Waals surface area contributed by atoms with Crippen molar-refractivity contribution in [1.82, 2.24) is 0 Å². The molecule has 1 rings (SSSR count). The molecule has 3 nitrogen and oxygen atoms in total. The second kappa shape index (κ2) is 3.49. The highest BCUT2D eigenvalue weighted by molar-refractivity contribution is 7.91. The van der Waals surface area contributed by atoms with Crippen molar-refractivity contribution in [2.24, 2.45) is 5.73 Å². The summed E-state index contributed by atoms with van der Waals surface area (Å²) in [6, 6.07) is 0. The molecule has 1 saturated heterocycles. The standard InChI is InChI=1S/C7H13F2NO2S/c8-6(9)4-7(10)2-1-3-13(11,12)5-7/h6H,1-5,10H2. The summed E-state index contributed by atoms with van der Waals surface area (Å²) in [6.07, 6.45) is -2.28. The summed E-state index contributed by atoms with van der Waals surface area (Å²) in [7, 11) is -3.19. The van der Waals surface area contributed by atoms with Gasteiger partial charge in [0.25, 0.3) is 0 Å². The van der Waals surface area contributed by atoms with Gasteiger partial charge in [-0.25, -0.2) is 17.2 Å². The molecule has 0 saturated carbocycles. The molecule has 1 atom stereocenters. The fourth-order valence-electron chi connectivity index (χ4n) is 1.69. The fourth-order valence-corrected chi connectivity index (χ4v) is 3.56. The third-order valence-electron chi connectivity index (χ3n) is 2.20. The summed E-state index contributed by atoms with van der Waals surface area (Å²) in [4.78, 5) is 0. The fraction of sp³-hybridized carbons (Fsp3) is 1.00. The average Bonchev–Trinajstić information content (AvgIpc) is 1.79. The van der Waals surface area contributed by atoms with E-state index >= 15 is 0 Å². The van der Waals surface area contributed by atoms with E-state index in [9.17, 15) is 17.2 Å². The molecule has 0 bridgehead atoms. The molecule has 13 heavy (non-hydrogen) atoms. The molecule has 0 aromatic heterocycles. The molecule has 0 aromatic carbocycles. The normalized spacial score (nSPS) is 33.5. The van der Waals surface area contributed by atoms with Crippen LogP contribution in [-0.2, 0) is 9.84 Å². The maximum Gasteiger partial charge on any atom is 0.240 e. The van der Waals surface area contributed by atoms with Gasteiger partial charge < -0.3 is 5.73 Å². The molecule has 1 aliphatic rings. The van der Waals surface area contributed by atoms with Gasteiger partial charge >= 0.3 is 0 Å². The van der Waals surface area contributed by atoms with Gasteiger partial charge in [-0.3, -0.25) is 0 Å². The minimum atomic E-state index is -3.19. The van der Waals surface area contributed by atoms with E-state index in [1.807, 2.05) is 0 Å². The van der Waals surface area contributed by atoms with Crippen LogP contribution in [0.1, 0.15) is 19.3 Å². The lowest BCUT2D eigenvalue weighted by atomic mass is 9.93. The summed E-state index contributed by atoms with van der Waals surface area (Å²) in [5.41, 5.74) is 4.37. The predicted molar refractivity (Wildman–Crippen MR) is 45.4 cm³/mol. The first kappa shape index (κ1) is 10.8. The number of halogens is 2. The third kappa shape index (κ3) is 3.19. The Morgan fingerprint density at radius 3 is 2.54 bits per heavy atom. The number of hydrogen-bond donors (Lipinski definition) is 1. The first-order valence-corrected chi connectivity index (χ1v) is 5.93. The van der Waals surface area contributed by atoms with Crippen LogP contribution in [0.3, 0.4) is 0 Å². The van der Waals surface area contributed by atoms with Crippen molar-refractivity contribution in [3.63, 3.8) is 0 Å². The van der Waals surface area contributed by atoms with Crippen LogP contribution in [0.15, 0.2) is 0 Å². The maximum atomic E-state index is 12.0. The number of alkyl halides is 2. The summed E-state index contributed by atoms with van der Waals surface area (Å²) in [6.45, 7) is 0. The van der Waals surface area contributed by atoms with E-state index in [1.165, 1.54) is 0 Å². The number of rotatable bonds is 2. The molecule has 6 heteroatoms. The van der Waals surface area contributed by atoms with Gasteiger partial charge in [-0.15, -0.1) is 0 Å². The van der Waals surface area contributed by atoms with Crippen LogP contribution in [0.5, 0.6) is 0 Å².